The van der Waals surface area contributed by atoms with Crippen molar-refractivity contribution in [1.82, 2.24) is 0 Å². The lowest BCUT2D eigenvalue weighted by atomic mass is 10.1. The Balaban J connectivity index is 2.68. The minimum atomic E-state index is -0.539. The van der Waals surface area contributed by atoms with Gasteiger partial charge in [-0.3, -0.25) is 0 Å². The van der Waals surface area contributed by atoms with Crippen molar-refractivity contribution in [2.24, 2.45) is 5.92 Å². The van der Waals surface area contributed by atoms with E-state index >= 15 is 0 Å². The van der Waals surface area contributed by atoms with E-state index in [1.807, 2.05) is 6.92 Å². The standard InChI is InChI=1S/C12H17ClO3/c1-8(6-14)7-16-12-4-3-10(9(2)15)5-11(12)13/h3-5,8-9,14-15H,6-7H2,1-2H3/t8?,9-/m1/s1. The van der Waals surface area contributed by atoms with Crippen LogP contribution in [0.15, 0.2) is 18.2 Å². The fourth-order valence-electron chi connectivity index (χ4n) is 1.18. The molecule has 0 aliphatic heterocycles. The van der Waals surface area contributed by atoms with E-state index in [1.165, 1.54) is 0 Å². The van der Waals surface area contributed by atoms with Crippen LogP contribution in [0.25, 0.3) is 0 Å². The van der Waals surface area contributed by atoms with Crippen LogP contribution in [0.3, 0.4) is 0 Å². The highest BCUT2D eigenvalue weighted by molar-refractivity contribution is 6.32. The Morgan fingerprint density at radius 1 is 1.38 bits per heavy atom. The van der Waals surface area contributed by atoms with Crippen LogP contribution in [0, 0.1) is 5.92 Å². The molecule has 16 heavy (non-hydrogen) atoms. The number of hydrogen-bond donors (Lipinski definition) is 2. The summed E-state index contributed by atoms with van der Waals surface area (Å²) in [7, 11) is 0. The largest absolute Gasteiger partial charge is 0.492 e. The van der Waals surface area contributed by atoms with Crippen molar-refractivity contribution in [1.29, 1.82) is 0 Å². The van der Waals surface area contributed by atoms with E-state index in [9.17, 15) is 5.11 Å². The summed E-state index contributed by atoms with van der Waals surface area (Å²) in [5, 5.41) is 18.7. The quantitative estimate of drug-likeness (QED) is 0.836. The third-order valence-electron chi connectivity index (χ3n) is 2.27. The highest BCUT2D eigenvalue weighted by atomic mass is 35.5. The summed E-state index contributed by atoms with van der Waals surface area (Å²) in [5.74, 6) is 0.652. The maximum Gasteiger partial charge on any atom is 0.137 e. The van der Waals surface area contributed by atoms with E-state index in [2.05, 4.69) is 0 Å². The SMILES string of the molecule is CC(CO)COc1ccc([C@@H](C)O)cc1Cl. The molecule has 90 valence electrons. The van der Waals surface area contributed by atoms with Gasteiger partial charge in [0.2, 0.25) is 0 Å². The van der Waals surface area contributed by atoms with Crippen LogP contribution in [-0.4, -0.2) is 23.4 Å². The summed E-state index contributed by atoms with van der Waals surface area (Å²) in [6, 6.07) is 5.19. The molecule has 0 spiro atoms. The molecule has 0 aliphatic rings. The molecule has 0 saturated heterocycles. The van der Waals surface area contributed by atoms with Gasteiger partial charge in [0.05, 0.1) is 17.7 Å². The topological polar surface area (TPSA) is 49.7 Å². The summed E-state index contributed by atoms with van der Waals surface area (Å²) in [6.07, 6.45) is -0.539. The summed E-state index contributed by atoms with van der Waals surface area (Å²) in [4.78, 5) is 0. The molecule has 0 bridgehead atoms. The first-order chi connectivity index (χ1) is 7.54. The maximum atomic E-state index is 9.36. The molecule has 0 saturated carbocycles. The van der Waals surface area contributed by atoms with Crippen molar-refractivity contribution in [3.63, 3.8) is 0 Å². The van der Waals surface area contributed by atoms with E-state index < -0.39 is 6.10 Å². The van der Waals surface area contributed by atoms with E-state index in [0.29, 0.717) is 17.4 Å². The van der Waals surface area contributed by atoms with Crippen molar-refractivity contribution < 1.29 is 14.9 Å². The first kappa shape index (κ1) is 13.3. The van der Waals surface area contributed by atoms with Gasteiger partial charge in [-0.2, -0.15) is 0 Å². The number of halogens is 1. The van der Waals surface area contributed by atoms with Gasteiger partial charge in [-0.1, -0.05) is 24.6 Å². The molecular formula is C12H17ClO3. The molecule has 0 radical (unpaired) electrons. The Labute approximate surface area is 101 Å². The average molecular weight is 245 g/mol. The average Bonchev–Trinajstić information content (AvgIpc) is 2.26. The first-order valence-corrected chi connectivity index (χ1v) is 5.63. The van der Waals surface area contributed by atoms with E-state index in [4.69, 9.17) is 21.4 Å². The molecule has 1 unspecified atom stereocenters. The van der Waals surface area contributed by atoms with Gasteiger partial charge in [0.25, 0.3) is 0 Å². The van der Waals surface area contributed by atoms with E-state index in [0.717, 1.165) is 5.56 Å². The number of aliphatic hydroxyl groups is 2. The van der Waals surface area contributed by atoms with Gasteiger partial charge in [-0.05, 0) is 24.6 Å². The number of rotatable bonds is 5. The highest BCUT2D eigenvalue weighted by Gasteiger charge is 2.08. The lowest BCUT2D eigenvalue weighted by Gasteiger charge is -2.13. The number of ether oxygens (including phenoxy) is 1. The molecule has 0 aliphatic carbocycles. The van der Waals surface area contributed by atoms with Gasteiger partial charge >= 0.3 is 0 Å². The zero-order chi connectivity index (χ0) is 12.1. The second-order valence-electron chi connectivity index (χ2n) is 3.96. The zero-order valence-corrected chi connectivity index (χ0v) is 10.2. The molecule has 2 N–H and O–H groups in total. The molecule has 0 heterocycles. The van der Waals surface area contributed by atoms with Crippen LogP contribution in [0.4, 0.5) is 0 Å². The van der Waals surface area contributed by atoms with Crippen molar-refractivity contribution >= 4 is 11.6 Å². The van der Waals surface area contributed by atoms with Gasteiger partial charge in [-0.15, -0.1) is 0 Å². The number of hydrogen-bond acceptors (Lipinski definition) is 3. The second kappa shape index (κ2) is 6.09. The monoisotopic (exact) mass is 244 g/mol. The molecule has 1 aromatic rings. The minimum Gasteiger partial charge on any atom is -0.492 e. The smallest absolute Gasteiger partial charge is 0.137 e. The van der Waals surface area contributed by atoms with Crippen molar-refractivity contribution in [3.8, 4) is 5.75 Å². The summed E-state index contributed by atoms with van der Waals surface area (Å²) in [5.41, 5.74) is 0.757. The number of aliphatic hydroxyl groups excluding tert-OH is 2. The minimum absolute atomic E-state index is 0.0764. The molecule has 0 aromatic heterocycles. The molecule has 1 rings (SSSR count). The third kappa shape index (κ3) is 3.67. The Hall–Kier alpha value is -0.770. The van der Waals surface area contributed by atoms with Crippen LogP contribution in [0.2, 0.25) is 5.02 Å². The molecular weight excluding hydrogens is 228 g/mol. The first-order valence-electron chi connectivity index (χ1n) is 5.25. The predicted octanol–water partition coefficient (Wildman–Crippen LogP) is 2.40. The summed E-state index contributed by atoms with van der Waals surface area (Å²) >= 11 is 6.00. The van der Waals surface area contributed by atoms with Gasteiger partial charge < -0.3 is 14.9 Å². The molecule has 0 amide bonds. The van der Waals surface area contributed by atoms with Crippen LogP contribution in [-0.2, 0) is 0 Å². The van der Waals surface area contributed by atoms with Crippen molar-refractivity contribution in [2.45, 2.75) is 20.0 Å². The molecule has 3 nitrogen and oxygen atoms in total. The van der Waals surface area contributed by atoms with Crippen LogP contribution < -0.4 is 4.74 Å². The molecule has 4 heteroatoms. The van der Waals surface area contributed by atoms with Crippen LogP contribution in [0.5, 0.6) is 5.75 Å². The second-order valence-corrected chi connectivity index (χ2v) is 4.37. The lowest BCUT2D eigenvalue weighted by Crippen LogP contribution is -2.12. The molecule has 1 aromatic carbocycles. The van der Waals surface area contributed by atoms with Crippen LogP contribution >= 0.6 is 11.6 Å². The van der Waals surface area contributed by atoms with E-state index in [-0.39, 0.29) is 12.5 Å². The van der Waals surface area contributed by atoms with Crippen LogP contribution in [0.1, 0.15) is 25.5 Å². The van der Waals surface area contributed by atoms with Gasteiger partial charge in [0.1, 0.15) is 5.75 Å². The number of benzene rings is 1. The normalized spacial score (nSPS) is 14.6. The van der Waals surface area contributed by atoms with E-state index in [1.54, 1.807) is 25.1 Å². The summed E-state index contributed by atoms with van der Waals surface area (Å²) in [6.45, 7) is 4.08. The summed E-state index contributed by atoms with van der Waals surface area (Å²) < 4.78 is 5.45. The Morgan fingerprint density at radius 3 is 2.56 bits per heavy atom. The van der Waals surface area contributed by atoms with Gasteiger partial charge in [0, 0.05) is 12.5 Å². The zero-order valence-electron chi connectivity index (χ0n) is 9.48. The predicted molar refractivity (Wildman–Crippen MR) is 63.8 cm³/mol. The fourth-order valence-corrected chi connectivity index (χ4v) is 1.42. The highest BCUT2D eigenvalue weighted by Crippen LogP contribution is 2.28. The van der Waals surface area contributed by atoms with Gasteiger partial charge in [-0.25, -0.2) is 0 Å². The molecule has 2 atom stereocenters. The lowest BCUT2D eigenvalue weighted by molar-refractivity contribution is 0.174. The Kier molecular flexibility index (Phi) is 5.06. The molecule has 0 fully saturated rings. The Bertz CT molecular complexity index is 339. The fraction of sp³-hybridized carbons (Fsp3) is 0.500. The third-order valence-corrected chi connectivity index (χ3v) is 2.57. The van der Waals surface area contributed by atoms with Gasteiger partial charge in [0.15, 0.2) is 0 Å². The maximum absolute atomic E-state index is 9.36. The van der Waals surface area contributed by atoms with Crippen molar-refractivity contribution in [3.05, 3.63) is 28.8 Å². The van der Waals surface area contributed by atoms with Crippen molar-refractivity contribution in [2.75, 3.05) is 13.2 Å². The Morgan fingerprint density at radius 2 is 2.06 bits per heavy atom.